The summed E-state index contributed by atoms with van der Waals surface area (Å²) in [7, 11) is 0. The highest BCUT2D eigenvalue weighted by Gasteiger charge is 2.41. The molecule has 2 saturated carbocycles. The topological polar surface area (TPSA) is 46.3 Å². The Morgan fingerprint density at radius 1 is 1.26 bits per heavy atom. The molecule has 3 fully saturated rings. The van der Waals surface area contributed by atoms with Crippen LogP contribution >= 0.6 is 0 Å². The van der Waals surface area contributed by atoms with Crippen LogP contribution in [-0.2, 0) is 4.79 Å². The number of amides is 1. The zero-order chi connectivity index (χ0) is 13.4. The first-order chi connectivity index (χ1) is 9.19. The van der Waals surface area contributed by atoms with Gasteiger partial charge >= 0.3 is 0 Å². The molecule has 1 heterocycles. The highest BCUT2D eigenvalue weighted by Crippen LogP contribution is 2.49. The van der Waals surface area contributed by atoms with Crippen LogP contribution in [0.1, 0.15) is 51.9 Å². The van der Waals surface area contributed by atoms with Crippen LogP contribution in [0.4, 0.5) is 0 Å². The first-order valence-electron chi connectivity index (χ1n) is 8.18. The zero-order valence-electron chi connectivity index (χ0n) is 12.2. The Kier molecular flexibility index (Phi) is 3.84. The minimum Gasteiger partial charge on any atom is -0.338 e. The second kappa shape index (κ2) is 5.43. The van der Waals surface area contributed by atoms with Gasteiger partial charge in [0, 0.05) is 25.6 Å². The fourth-order valence-electron chi connectivity index (χ4n) is 4.89. The predicted molar refractivity (Wildman–Crippen MR) is 76.5 cm³/mol. The van der Waals surface area contributed by atoms with Gasteiger partial charge < -0.3 is 10.6 Å². The number of likely N-dealkylation sites (tertiary alicyclic amines) is 1. The van der Waals surface area contributed by atoms with Gasteiger partial charge in [-0.25, -0.2) is 0 Å². The monoisotopic (exact) mass is 264 g/mol. The van der Waals surface area contributed by atoms with Crippen molar-refractivity contribution in [2.75, 3.05) is 13.1 Å². The average molecular weight is 264 g/mol. The first-order valence-corrected chi connectivity index (χ1v) is 8.18. The molecule has 1 aliphatic heterocycles. The minimum atomic E-state index is 0.292. The van der Waals surface area contributed by atoms with Crippen molar-refractivity contribution in [2.24, 2.45) is 29.4 Å². The number of rotatable bonds is 3. The van der Waals surface area contributed by atoms with E-state index in [4.69, 9.17) is 5.73 Å². The van der Waals surface area contributed by atoms with Crippen LogP contribution in [0, 0.1) is 23.7 Å². The Hall–Kier alpha value is -0.570. The Labute approximate surface area is 116 Å². The SMILES string of the molecule is CC1CCCN(C(=O)CC2CC3CCC2C3)C1CN. The predicted octanol–water partition coefficient (Wildman–Crippen LogP) is 2.40. The summed E-state index contributed by atoms with van der Waals surface area (Å²) in [6, 6.07) is 0.292. The van der Waals surface area contributed by atoms with Gasteiger partial charge in [0.25, 0.3) is 0 Å². The van der Waals surface area contributed by atoms with Gasteiger partial charge in [0.1, 0.15) is 0 Å². The third-order valence-corrected chi connectivity index (χ3v) is 6.00. The third-order valence-electron chi connectivity index (χ3n) is 6.00. The summed E-state index contributed by atoms with van der Waals surface area (Å²) < 4.78 is 0. The van der Waals surface area contributed by atoms with E-state index in [1.165, 1.54) is 32.1 Å². The van der Waals surface area contributed by atoms with Crippen LogP contribution in [0.3, 0.4) is 0 Å². The summed E-state index contributed by atoms with van der Waals surface area (Å²) in [5.74, 6) is 3.44. The molecule has 3 rings (SSSR count). The largest absolute Gasteiger partial charge is 0.338 e. The lowest BCUT2D eigenvalue weighted by Gasteiger charge is -2.40. The second-order valence-corrected chi connectivity index (χ2v) is 7.15. The van der Waals surface area contributed by atoms with Crippen LogP contribution in [0.25, 0.3) is 0 Å². The summed E-state index contributed by atoms with van der Waals surface area (Å²) in [5.41, 5.74) is 5.90. The Balaban J connectivity index is 1.60. The van der Waals surface area contributed by atoms with E-state index >= 15 is 0 Å². The molecule has 0 spiro atoms. The van der Waals surface area contributed by atoms with E-state index in [0.717, 1.165) is 31.2 Å². The van der Waals surface area contributed by atoms with Gasteiger partial charge in [0.15, 0.2) is 0 Å². The fourth-order valence-corrected chi connectivity index (χ4v) is 4.89. The molecule has 1 saturated heterocycles. The molecule has 19 heavy (non-hydrogen) atoms. The van der Waals surface area contributed by atoms with Gasteiger partial charge in [-0.05, 0) is 55.8 Å². The van der Waals surface area contributed by atoms with E-state index < -0.39 is 0 Å². The van der Waals surface area contributed by atoms with Crippen LogP contribution in [0.2, 0.25) is 0 Å². The van der Waals surface area contributed by atoms with Gasteiger partial charge in [0.2, 0.25) is 5.91 Å². The van der Waals surface area contributed by atoms with Crippen molar-refractivity contribution >= 4 is 5.91 Å². The average Bonchev–Trinajstić information content (AvgIpc) is 3.00. The summed E-state index contributed by atoms with van der Waals surface area (Å²) in [5, 5.41) is 0. The minimum absolute atomic E-state index is 0.292. The van der Waals surface area contributed by atoms with Crippen LogP contribution < -0.4 is 5.73 Å². The summed E-state index contributed by atoms with van der Waals surface area (Å²) in [6.45, 7) is 3.81. The van der Waals surface area contributed by atoms with Gasteiger partial charge in [-0.1, -0.05) is 13.3 Å². The molecule has 0 aromatic heterocycles. The third kappa shape index (κ3) is 2.54. The molecular weight excluding hydrogens is 236 g/mol. The van der Waals surface area contributed by atoms with Crippen molar-refractivity contribution in [3.05, 3.63) is 0 Å². The number of piperidine rings is 1. The van der Waals surface area contributed by atoms with Crippen molar-refractivity contribution in [1.82, 2.24) is 4.90 Å². The lowest BCUT2D eigenvalue weighted by molar-refractivity contribution is -0.137. The van der Waals surface area contributed by atoms with E-state index in [0.29, 0.717) is 30.3 Å². The molecule has 2 bridgehead atoms. The summed E-state index contributed by atoms with van der Waals surface area (Å²) in [4.78, 5) is 14.7. The van der Waals surface area contributed by atoms with E-state index in [1.54, 1.807) is 0 Å². The molecule has 108 valence electrons. The number of fused-ring (bicyclic) bond motifs is 2. The number of nitrogens with two attached hydrogens (primary N) is 1. The molecule has 5 atom stereocenters. The first kappa shape index (κ1) is 13.4. The van der Waals surface area contributed by atoms with Crippen molar-refractivity contribution in [2.45, 2.75) is 57.9 Å². The zero-order valence-corrected chi connectivity index (χ0v) is 12.2. The van der Waals surface area contributed by atoms with Crippen LogP contribution in [-0.4, -0.2) is 29.9 Å². The van der Waals surface area contributed by atoms with Crippen molar-refractivity contribution in [1.29, 1.82) is 0 Å². The number of carbonyl (C=O) groups excluding carboxylic acids is 1. The molecule has 3 heteroatoms. The van der Waals surface area contributed by atoms with Gasteiger partial charge in [-0.3, -0.25) is 4.79 Å². The van der Waals surface area contributed by atoms with Gasteiger partial charge in [-0.15, -0.1) is 0 Å². The molecule has 3 aliphatic rings. The van der Waals surface area contributed by atoms with E-state index in [9.17, 15) is 4.79 Å². The molecule has 0 radical (unpaired) electrons. The highest BCUT2D eigenvalue weighted by atomic mass is 16.2. The molecule has 0 aromatic rings. The molecule has 2 N–H and O–H groups in total. The molecule has 1 amide bonds. The van der Waals surface area contributed by atoms with E-state index in [1.807, 2.05) is 0 Å². The van der Waals surface area contributed by atoms with Crippen molar-refractivity contribution in [3.63, 3.8) is 0 Å². The standard InChI is InChI=1S/C16H28N2O/c1-11-3-2-6-18(15(11)10-17)16(19)9-14-8-12-4-5-13(14)7-12/h11-15H,2-10,17H2,1H3. The highest BCUT2D eigenvalue weighted by molar-refractivity contribution is 5.77. The Morgan fingerprint density at radius 3 is 2.74 bits per heavy atom. The van der Waals surface area contributed by atoms with Crippen LogP contribution in [0.15, 0.2) is 0 Å². The maximum absolute atomic E-state index is 12.6. The smallest absolute Gasteiger partial charge is 0.223 e. The number of hydrogen-bond donors (Lipinski definition) is 1. The summed E-state index contributed by atoms with van der Waals surface area (Å²) >= 11 is 0. The second-order valence-electron chi connectivity index (χ2n) is 7.15. The molecule has 5 unspecified atom stereocenters. The van der Waals surface area contributed by atoms with E-state index in [-0.39, 0.29) is 0 Å². The van der Waals surface area contributed by atoms with Gasteiger partial charge in [0.05, 0.1) is 0 Å². The Morgan fingerprint density at radius 2 is 2.11 bits per heavy atom. The quantitative estimate of drug-likeness (QED) is 0.851. The molecule has 3 nitrogen and oxygen atoms in total. The molecule has 0 aromatic carbocycles. The van der Waals surface area contributed by atoms with Crippen molar-refractivity contribution in [3.8, 4) is 0 Å². The maximum atomic E-state index is 12.6. The molecular formula is C16H28N2O. The van der Waals surface area contributed by atoms with Gasteiger partial charge in [-0.2, -0.15) is 0 Å². The fraction of sp³-hybridized carbons (Fsp3) is 0.938. The normalized spacial score (nSPS) is 41.8. The Bertz CT molecular complexity index is 344. The van der Waals surface area contributed by atoms with Crippen molar-refractivity contribution < 1.29 is 4.79 Å². The number of hydrogen-bond acceptors (Lipinski definition) is 2. The van der Waals surface area contributed by atoms with E-state index in [2.05, 4.69) is 11.8 Å². The lowest BCUT2D eigenvalue weighted by atomic mass is 9.85. The van der Waals surface area contributed by atoms with Crippen LogP contribution in [0.5, 0.6) is 0 Å². The molecule has 2 aliphatic carbocycles. The lowest BCUT2D eigenvalue weighted by Crippen LogP contribution is -2.51. The maximum Gasteiger partial charge on any atom is 0.223 e. The number of nitrogens with zero attached hydrogens (tertiary/aromatic N) is 1. The number of carbonyl (C=O) groups is 1. The summed E-state index contributed by atoms with van der Waals surface area (Å²) in [6.07, 6.45) is 8.67.